The molecule has 0 radical (unpaired) electrons. The van der Waals surface area contributed by atoms with E-state index in [0.717, 1.165) is 0 Å². The van der Waals surface area contributed by atoms with Crippen LogP contribution < -0.4 is 5.32 Å². The monoisotopic (exact) mass is 305 g/mol. The van der Waals surface area contributed by atoms with Gasteiger partial charge in [0.1, 0.15) is 0 Å². The van der Waals surface area contributed by atoms with Crippen LogP contribution in [0.25, 0.3) is 0 Å². The zero-order chi connectivity index (χ0) is 17.2. The highest BCUT2D eigenvalue weighted by Gasteiger charge is 2.31. The normalized spacial score (nSPS) is 20.8. The lowest BCUT2D eigenvalue weighted by atomic mass is 9.75. The molecule has 0 saturated heterocycles. The van der Waals surface area contributed by atoms with Crippen molar-refractivity contribution < 1.29 is 0 Å². The van der Waals surface area contributed by atoms with Crippen LogP contribution in [0.15, 0.2) is 22.5 Å². The molecule has 1 rings (SSSR count). The number of rotatable bonds is 5. The number of hydrogen-bond acceptors (Lipinski definition) is 1. The first-order valence-corrected chi connectivity index (χ1v) is 9.31. The van der Waals surface area contributed by atoms with Crippen molar-refractivity contribution in [1.29, 1.82) is 0 Å². The summed E-state index contributed by atoms with van der Waals surface area (Å²) in [5.41, 5.74) is 6.29. The van der Waals surface area contributed by atoms with Crippen LogP contribution in [0.2, 0.25) is 0 Å². The second-order valence-corrected chi connectivity index (χ2v) is 8.61. The molecule has 128 valence electrons. The first-order valence-electron chi connectivity index (χ1n) is 9.31. The van der Waals surface area contributed by atoms with Gasteiger partial charge in [-0.2, -0.15) is 0 Å². The summed E-state index contributed by atoms with van der Waals surface area (Å²) in [6, 6.07) is 0. The smallest absolute Gasteiger partial charge is 0.0172 e. The largest absolute Gasteiger partial charge is 0.362 e. The van der Waals surface area contributed by atoms with E-state index in [-0.39, 0.29) is 0 Å². The molecule has 1 N–H and O–H groups in total. The van der Waals surface area contributed by atoms with Gasteiger partial charge >= 0.3 is 0 Å². The van der Waals surface area contributed by atoms with Crippen LogP contribution in [0.4, 0.5) is 0 Å². The van der Waals surface area contributed by atoms with Crippen molar-refractivity contribution in [3.63, 3.8) is 0 Å². The SMILES string of the molecule is CC(C)C1=C(C(C)C)NC(C(C)C)=C(C(C)C)C(C(C)C)C1. The number of hydrogen-bond donors (Lipinski definition) is 1. The van der Waals surface area contributed by atoms with Crippen LogP contribution in [-0.2, 0) is 0 Å². The highest BCUT2D eigenvalue weighted by Crippen LogP contribution is 2.41. The second-order valence-electron chi connectivity index (χ2n) is 8.61. The summed E-state index contributed by atoms with van der Waals surface area (Å²) < 4.78 is 0. The Kier molecular flexibility index (Phi) is 6.77. The summed E-state index contributed by atoms with van der Waals surface area (Å²) in [6.45, 7) is 23.5. The Bertz CT molecular complexity index is 433. The zero-order valence-electron chi connectivity index (χ0n) is 16.7. The van der Waals surface area contributed by atoms with Crippen molar-refractivity contribution in [2.75, 3.05) is 0 Å². The van der Waals surface area contributed by atoms with Crippen LogP contribution in [0, 0.1) is 35.5 Å². The Labute approximate surface area is 139 Å². The van der Waals surface area contributed by atoms with E-state index in [9.17, 15) is 0 Å². The molecule has 0 fully saturated rings. The fourth-order valence-electron chi connectivity index (χ4n) is 3.83. The Morgan fingerprint density at radius 1 is 0.682 bits per heavy atom. The minimum atomic E-state index is 0.555. The first kappa shape index (κ1) is 19.3. The van der Waals surface area contributed by atoms with Crippen molar-refractivity contribution >= 4 is 0 Å². The average molecular weight is 306 g/mol. The molecule has 0 bridgehead atoms. The third-order valence-electron chi connectivity index (χ3n) is 5.04. The molecule has 0 aliphatic carbocycles. The lowest BCUT2D eigenvalue weighted by Gasteiger charge is -2.30. The zero-order valence-corrected chi connectivity index (χ0v) is 16.7. The summed E-state index contributed by atoms with van der Waals surface area (Å²) in [6.07, 6.45) is 1.22. The highest BCUT2D eigenvalue weighted by atomic mass is 14.9. The van der Waals surface area contributed by atoms with Gasteiger partial charge in [0.15, 0.2) is 0 Å². The molecular formula is C21H39N. The van der Waals surface area contributed by atoms with Gasteiger partial charge in [-0.1, -0.05) is 69.2 Å². The quantitative estimate of drug-likeness (QED) is 0.621. The second kappa shape index (κ2) is 7.70. The lowest BCUT2D eigenvalue weighted by molar-refractivity contribution is 0.391. The molecule has 0 aromatic rings. The minimum absolute atomic E-state index is 0.555. The fraction of sp³-hybridized carbons (Fsp3) is 0.810. The fourth-order valence-corrected chi connectivity index (χ4v) is 3.83. The van der Waals surface area contributed by atoms with Gasteiger partial charge in [-0.25, -0.2) is 0 Å². The van der Waals surface area contributed by atoms with E-state index < -0.39 is 0 Å². The molecule has 1 unspecified atom stereocenters. The van der Waals surface area contributed by atoms with E-state index in [1.54, 1.807) is 11.1 Å². The van der Waals surface area contributed by atoms with Gasteiger partial charge in [0, 0.05) is 11.4 Å². The predicted octanol–water partition coefficient (Wildman–Crippen LogP) is 6.38. The van der Waals surface area contributed by atoms with E-state index in [2.05, 4.69) is 74.6 Å². The van der Waals surface area contributed by atoms with Crippen molar-refractivity contribution in [3.8, 4) is 0 Å². The summed E-state index contributed by atoms with van der Waals surface area (Å²) in [4.78, 5) is 0. The van der Waals surface area contributed by atoms with Gasteiger partial charge in [-0.3, -0.25) is 0 Å². The Morgan fingerprint density at radius 2 is 1.18 bits per heavy atom. The first-order chi connectivity index (χ1) is 10.1. The molecule has 1 aliphatic rings. The Morgan fingerprint density at radius 3 is 1.50 bits per heavy atom. The van der Waals surface area contributed by atoms with Gasteiger partial charge in [0.05, 0.1) is 0 Å². The molecule has 0 saturated carbocycles. The molecule has 22 heavy (non-hydrogen) atoms. The maximum absolute atomic E-state index is 3.92. The number of nitrogens with one attached hydrogen (secondary N) is 1. The van der Waals surface area contributed by atoms with Gasteiger partial charge < -0.3 is 5.32 Å². The van der Waals surface area contributed by atoms with Gasteiger partial charge in [-0.15, -0.1) is 0 Å². The molecule has 1 heterocycles. The van der Waals surface area contributed by atoms with Gasteiger partial charge in [0.2, 0.25) is 0 Å². The van der Waals surface area contributed by atoms with E-state index >= 15 is 0 Å². The molecule has 1 aliphatic heterocycles. The van der Waals surface area contributed by atoms with Crippen molar-refractivity contribution in [1.82, 2.24) is 5.32 Å². The van der Waals surface area contributed by atoms with Crippen LogP contribution in [0.1, 0.15) is 75.7 Å². The van der Waals surface area contributed by atoms with Gasteiger partial charge in [0.25, 0.3) is 0 Å². The van der Waals surface area contributed by atoms with Crippen molar-refractivity contribution in [2.24, 2.45) is 35.5 Å². The molecule has 0 spiro atoms. The molecule has 0 aromatic heterocycles. The summed E-state index contributed by atoms with van der Waals surface area (Å²) in [7, 11) is 0. The molecule has 1 atom stereocenters. The van der Waals surface area contributed by atoms with E-state index in [0.29, 0.717) is 35.5 Å². The maximum atomic E-state index is 3.92. The molecule has 0 amide bonds. The van der Waals surface area contributed by atoms with Crippen LogP contribution >= 0.6 is 0 Å². The van der Waals surface area contributed by atoms with E-state index in [4.69, 9.17) is 0 Å². The Balaban J connectivity index is 3.54. The highest BCUT2D eigenvalue weighted by molar-refractivity contribution is 5.32. The summed E-state index contributed by atoms with van der Waals surface area (Å²) >= 11 is 0. The predicted molar refractivity (Wildman–Crippen MR) is 99.5 cm³/mol. The Hall–Kier alpha value is -0.720. The summed E-state index contributed by atoms with van der Waals surface area (Å²) in [5, 5.41) is 3.92. The maximum Gasteiger partial charge on any atom is 0.0172 e. The topological polar surface area (TPSA) is 12.0 Å². The van der Waals surface area contributed by atoms with Crippen molar-refractivity contribution in [2.45, 2.75) is 75.7 Å². The van der Waals surface area contributed by atoms with Crippen LogP contribution in [0.3, 0.4) is 0 Å². The standard InChI is InChI=1S/C21H39N/c1-12(2)17-11-18(13(3)4)20(15(7)8)22-21(16(9)10)19(17)14(5)6/h12-17,22H,11H2,1-10H3. The van der Waals surface area contributed by atoms with E-state index in [1.165, 1.54) is 17.8 Å². The molecule has 0 aromatic carbocycles. The number of allylic oxidation sites excluding steroid dienone is 4. The molecule has 1 heteroatoms. The molecule has 1 nitrogen and oxygen atoms in total. The lowest BCUT2D eigenvalue weighted by Crippen LogP contribution is -2.25. The van der Waals surface area contributed by atoms with Crippen molar-refractivity contribution in [3.05, 3.63) is 22.5 Å². The summed E-state index contributed by atoms with van der Waals surface area (Å²) in [5.74, 6) is 3.69. The minimum Gasteiger partial charge on any atom is -0.362 e. The van der Waals surface area contributed by atoms with Crippen LogP contribution in [0.5, 0.6) is 0 Å². The van der Waals surface area contributed by atoms with E-state index in [1.807, 2.05) is 0 Å². The average Bonchev–Trinajstić information content (AvgIpc) is 2.55. The third-order valence-corrected chi connectivity index (χ3v) is 5.04. The molecular weight excluding hydrogens is 266 g/mol. The van der Waals surface area contributed by atoms with Crippen LogP contribution in [-0.4, -0.2) is 0 Å². The third kappa shape index (κ3) is 4.18. The van der Waals surface area contributed by atoms with Gasteiger partial charge in [-0.05, 0) is 53.1 Å².